The quantitative estimate of drug-likeness (QED) is 0.894. The van der Waals surface area contributed by atoms with Gasteiger partial charge in [0.05, 0.1) is 0 Å². The molecule has 1 saturated heterocycles. The molecule has 0 radical (unpaired) electrons. The van der Waals surface area contributed by atoms with E-state index in [0.717, 1.165) is 30.7 Å². The summed E-state index contributed by atoms with van der Waals surface area (Å²) in [6, 6.07) is 7.00. The van der Waals surface area contributed by atoms with Crippen LogP contribution < -0.4 is 5.32 Å². The third kappa shape index (κ3) is 2.46. The predicted octanol–water partition coefficient (Wildman–Crippen LogP) is 2.72. The Morgan fingerprint density at radius 1 is 1.44 bits per heavy atom. The maximum absolute atomic E-state index is 3.55. The highest BCUT2D eigenvalue weighted by Gasteiger charge is 2.16. The molecule has 1 aromatic heterocycles. The molecule has 4 heteroatoms. The van der Waals surface area contributed by atoms with Crippen molar-refractivity contribution in [3.8, 4) is 0 Å². The second-order valence-electron chi connectivity index (χ2n) is 5.09. The Hall–Kier alpha value is -0.840. The second kappa shape index (κ2) is 5.03. The molecule has 0 bridgehead atoms. The van der Waals surface area contributed by atoms with Gasteiger partial charge in [-0.3, -0.25) is 4.90 Å². The highest BCUT2D eigenvalue weighted by molar-refractivity contribution is 9.10. The van der Waals surface area contributed by atoms with Gasteiger partial charge in [0.1, 0.15) is 0 Å². The Labute approximate surface area is 116 Å². The van der Waals surface area contributed by atoms with E-state index >= 15 is 0 Å². The van der Waals surface area contributed by atoms with Gasteiger partial charge in [-0.1, -0.05) is 15.9 Å². The molecule has 1 aromatic carbocycles. The van der Waals surface area contributed by atoms with Crippen molar-refractivity contribution in [1.82, 2.24) is 15.2 Å². The molecule has 2 N–H and O–H groups in total. The van der Waals surface area contributed by atoms with Crippen molar-refractivity contribution < 1.29 is 0 Å². The monoisotopic (exact) mass is 307 g/mol. The van der Waals surface area contributed by atoms with E-state index in [-0.39, 0.29) is 0 Å². The molecular weight excluding hydrogens is 290 g/mol. The van der Waals surface area contributed by atoms with E-state index in [1.54, 1.807) is 0 Å². The van der Waals surface area contributed by atoms with Gasteiger partial charge >= 0.3 is 0 Å². The van der Waals surface area contributed by atoms with Crippen LogP contribution in [0.4, 0.5) is 0 Å². The molecule has 1 fully saturated rings. The fourth-order valence-corrected chi connectivity index (χ4v) is 3.04. The summed E-state index contributed by atoms with van der Waals surface area (Å²) in [6.07, 6.45) is 2.14. The predicted molar refractivity (Wildman–Crippen MR) is 78.7 cm³/mol. The van der Waals surface area contributed by atoms with E-state index in [1.165, 1.54) is 16.5 Å². The summed E-state index contributed by atoms with van der Waals surface area (Å²) in [6.45, 7) is 6.62. The van der Waals surface area contributed by atoms with Gasteiger partial charge in [-0.15, -0.1) is 0 Å². The molecule has 1 aliphatic rings. The molecule has 2 aromatic rings. The van der Waals surface area contributed by atoms with Crippen molar-refractivity contribution >= 4 is 26.8 Å². The maximum atomic E-state index is 3.55. The number of aromatic amines is 1. The molecule has 1 atom stereocenters. The number of halogens is 1. The Morgan fingerprint density at radius 2 is 2.33 bits per heavy atom. The summed E-state index contributed by atoms with van der Waals surface area (Å²) in [7, 11) is 0. The molecule has 18 heavy (non-hydrogen) atoms. The van der Waals surface area contributed by atoms with E-state index in [0.29, 0.717) is 6.04 Å². The fourth-order valence-electron chi connectivity index (χ4n) is 2.68. The van der Waals surface area contributed by atoms with Gasteiger partial charge in [0, 0.05) is 53.8 Å². The van der Waals surface area contributed by atoms with Crippen molar-refractivity contribution in [3.63, 3.8) is 0 Å². The molecular formula is C14H18BrN3. The van der Waals surface area contributed by atoms with Crippen molar-refractivity contribution in [2.24, 2.45) is 0 Å². The number of aromatic nitrogens is 1. The van der Waals surface area contributed by atoms with Gasteiger partial charge in [-0.05, 0) is 30.7 Å². The van der Waals surface area contributed by atoms with Crippen molar-refractivity contribution in [1.29, 1.82) is 0 Å². The third-order valence-electron chi connectivity index (χ3n) is 3.58. The number of hydrogen-bond acceptors (Lipinski definition) is 2. The first-order valence-electron chi connectivity index (χ1n) is 6.43. The van der Waals surface area contributed by atoms with Crippen LogP contribution in [0.5, 0.6) is 0 Å². The normalized spacial score (nSPS) is 21.6. The molecule has 3 nitrogen and oxygen atoms in total. The Morgan fingerprint density at radius 3 is 3.17 bits per heavy atom. The average molecular weight is 308 g/mol. The minimum absolute atomic E-state index is 0.593. The van der Waals surface area contributed by atoms with Crippen LogP contribution in [-0.2, 0) is 6.54 Å². The van der Waals surface area contributed by atoms with Crippen molar-refractivity contribution in [3.05, 3.63) is 34.4 Å². The maximum Gasteiger partial charge on any atom is 0.0458 e. The van der Waals surface area contributed by atoms with E-state index in [1.807, 2.05) is 0 Å². The van der Waals surface area contributed by atoms with Gasteiger partial charge in [0.2, 0.25) is 0 Å². The molecule has 0 saturated carbocycles. The summed E-state index contributed by atoms with van der Waals surface area (Å²) >= 11 is 3.55. The second-order valence-corrected chi connectivity index (χ2v) is 6.01. The Bertz CT molecular complexity index is 549. The largest absolute Gasteiger partial charge is 0.361 e. The van der Waals surface area contributed by atoms with E-state index < -0.39 is 0 Å². The number of nitrogens with one attached hydrogen (secondary N) is 2. The van der Waals surface area contributed by atoms with Gasteiger partial charge < -0.3 is 10.3 Å². The molecule has 0 spiro atoms. The first-order chi connectivity index (χ1) is 8.72. The Kier molecular flexibility index (Phi) is 3.41. The summed E-state index contributed by atoms with van der Waals surface area (Å²) < 4.78 is 1.14. The molecule has 0 aliphatic carbocycles. The number of piperazine rings is 1. The number of nitrogens with zero attached hydrogens (tertiary/aromatic N) is 1. The van der Waals surface area contributed by atoms with Crippen molar-refractivity contribution in [2.45, 2.75) is 19.5 Å². The Balaban J connectivity index is 1.83. The summed E-state index contributed by atoms with van der Waals surface area (Å²) in [5.74, 6) is 0. The lowest BCUT2D eigenvalue weighted by Crippen LogP contribution is -2.48. The van der Waals surface area contributed by atoms with Crippen LogP contribution in [-0.4, -0.2) is 35.6 Å². The summed E-state index contributed by atoms with van der Waals surface area (Å²) in [5, 5.41) is 4.81. The van der Waals surface area contributed by atoms with E-state index in [2.05, 4.69) is 62.5 Å². The van der Waals surface area contributed by atoms with Gasteiger partial charge in [0.15, 0.2) is 0 Å². The fraction of sp³-hybridized carbons (Fsp3) is 0.429. The highest BCUT2D eigenvalue weighted by Crippen LogP contribution is 2.24. The molecule has 3 rings (SSSR count). The van der Waals surface area contributed by atoms with Crippen molar-refractivity contribution in [2.75, 3.05) is 19.6 Å². The lowest BCUT2D eigenvalue weighted by atomic mass is 10.1. The standard InChI is InChI=1S/C14H18BrN3/c1-10-8-18(5-4-16-10)9-11-7-17-14-3-2-12(15)6-13(11)14/h2-3,6-7,10,16-17H,4-5,8-9H2,1H3. The van der Waals surface area contributed by atoms with Crippen LogP contribution in [0.15, 0.2) is 28.9 Å². The zero-order valence-electron chi connectivity index (χ0n) is 10.5. The number of H-pyrrole nitrogens is 1. The zero-order chi connectivity index (χ0) is 12.5. The molecule has 1 unspecified atom stereocenters. The first-order valence-corrected chi connectivity index (χ1v) is 7.23. The highest BCUT2D eigenvalue weighted by atomic mass is 79.9. The topological polar surface area (TPSA) is 31.1 Å². The van der Waals surface area contributed by atoms with E-state index in [9.17, 15) is 0 Å². The lowest BCUT2D eigenvalue weighted by Gasteiger charge is -2.31. The number of fused-ring (bicyclic) bond motifs is 1. The summed E-state index contributed by atoms with van der Waals surface area (Å²) in [5.41, 5.74) is 2.61. The van der Waals surface area contributed by atoms with Gasteiger partial charge in [0.25, 0.3) is 0 Å². The van der Waals surface area contributed by atoms with Crippen LogP contribution in [0, 0.1) is 0 Å². The SMILES string of the molecule is CC1CN(Cc2c[nH]c3ccc(Br)cc23)CCN1. The van der Waals surface area contributed by atoms with Crippen LogP contribution in [0.25, 0.3) is 10.9 Å². The first kappa shape index (κ1) is 12.2. The number of hydrogen-bond donors (Lipinski definition) is 2. The van der Waals surface area contributed by atoms with Gasteiger partial charge in [-0.2, -0.15) is 0 Å². The molecule has 2 heterocycles. The molecule has 96 valence electrons. The van der Waals surface area contributed by atoms with Crippen LogP contribution in [0.2, 0.25) is 0 Å². The molecule has 0 amide bonds. The van der Waals surface area contributed by atoms with Crippen LogP contribution in [0.1, 0.15) is 12.5 Å². The lowest BCUT2D eigenvalue weighted by molar-refractivity contribution is 0.200. The molecule has 1 aliphatic heterocycles. The van der Waals surface area contributed by atoms with Crippen LogP contribution >= 0.6 is 15.9 Å². The number of benzene rings is 1. The number of rotatable bonds is 2. The van der Waals surface area contributed by atoms with E-state index in [4.69, 9.17) is 0 Å². The summed E-state index contributed by atoms with van der Waals surface area (Å²) in [4.78, 5) is 5.87. The zero-order valence-corrected chi connectivity index (χ0v) is 12.1. The minimum Gasteiger partial charge on any atom is -0.361 e. The average Bonchev–Trinajstić information content (AvgIpc) is 2.72. The smallest absolute Gasteiger partial charge is 0.0458 e. The third-order valence-corrected chi connectivity index (χ3v) is 4.07. The minimum atomic E-state index is 0.593. The van der Waals surface area contributed by atoms with Gasteiger partial charge in [-0.25, -0.2) is 0 Å². The van der Waals surface area contributed by atoms with Crippen LogP contribution in [0.3, 0.4) is 0 Å².